The number of hydrogen-bond acceptors (Lipinski definition) is 9. The summed E-state index contributed by atoms with van der Waals surface area (Å²) in [6, 6.07) is 5.74. The minimum absolute atomic E-state index is 0.0916. The number of aliphatic hydroxyl groups excluding tert-OH is 1. The first-order valence-electron chi connectivity index (χ1n) is 12.9. The summed E-state index contributed by atoms with van der Waals surface area (Å²) in [7, 11) is -4.37. The van der Waals surface area contributed by atoms with Crippen LogP contribution in [0.2, 0.25) is 5.02 Å². The van der Waals surface area contributed by atoms with Crippen LogP contribution in [-0.4, -0.2) is 57.3 Å². The lowest BCUT2D eigenvalue weighted by Gasteiger charge is -2.27. The molecule has 1 aromatic carbocycles. The van der Waals surface area contributed by atoms with E-state index in [2.05, 4.69) is 5.09 Å². The van der Waals surface area contributed by atoms with Gasteiger partial charge in [0.2, 0.25) is 0 Å². The fourth-order valence-corrected chi connectivity index (χ4v) is 6.23. The predicted octanol–water partition coefficient (Wildman–Crippen LogP) is 3.23. The molecule has 4 rings (SSSR count). The molecule has 2 heterocycles. The van der Waals surface area contributed by atoms with Crippen LogP contribution < -0.4 is 20.9 Å². The van der Waals surface area contributed by atoms with Crippen LogP contribution in [0.3, 0.4) is 0 Å². The molecule has 1 aromatic heterocycles. The van der Waals surface area contributed by atoms with Crippen molar-refractivity contribution in [1.82, 2.24) is 14.6 Å². The van der Waals surface area contributed by atoms with Gasteiger partial charge in [0.05, 0.1) is 6.61 Å². The second-order valence-corrected chi connectivity index (χ2v) is 12.2. The molecule has 1 unspecified atom stereocenters. The summed E-state index contributed by atoms with van der Waals surface area (Å²) >= 11 is 5.92. The van der Waals surface area contributed by atoms with E-state index in [1.54, 1.807) is 0 Å². The molecular formula is C25H32ClFN3O9P. The molecule has 1 saturated carbocycles. The van der Waals surface area contributed by atoms with E-state index in [1.807, 2.05) is 4.98 Å². The van der Waals surface area contributed by atoms with Crippen LogP contribution >= 0.6 is 19.3 Å². The van der Waals surface area contributed by atoms with Gasteiger partial charge >= 0.3 is 19.4 Å². The van der Waals surface area contributed by atoms with Crippen LogP contribution in [0.5, 0.6) is 5.75 Å². The largest absolute Gasteiger partial charge is 0.461 e. The van der Waals surface area contributed by atoms with Crippen LogP contribution in [-0.2, 0) is 23.4 Å². The van der Waals surface area contributed by atoms with Crippen molar-refractivity contribution in [3.8, 4) is 5.75 Å². The zero-order chi connectivity index (χ0) is 29.1. The minimum Gasteiger partial charge on any atom is -0.461 e. The highest BCUT2D eigenvalue weighted by atomic mass is 35.5. The Morgan fingerprint density at radius 3 is 2.60 bits per heavy atom. The summed E-state index contributed by atoms with van der Waals surface area (Å²) in [6.45, 7) is 1.80. The highest BCUT2D eigenvalue weighted by Crippen LogP contribution is 2.47. The van der Waals surface area contributed by atoms with Crippen molar-refractivity contribution in [1.29, 1.82) is 0 Å². The number of aromatic nitrogens is 2. The second-order valence-electron chi connectivity index (χ2n) is 10.0. The highest BCUT2D eigenvalue weighted by Gasteiger charge is 2.56. The molecule has 0 bridgehead atoms. The van der Waals surface area contributed by atoms with E-state index in [4.69, 9.17) is 30.1 Å². The van der Waals surface area contributed by atoms with Crippen LogP contribution in [0.4, 0.5) is 4.39 Å². The first kappa shape index (κ1) is 30.4. The number of ether oxygens (including phenoxy) is 2. The first-order valence-corrected chi connectivity index (χ1v) is 14.8. The van der Waals surface area contributed by atoms with E-state index >= 15 is 4.39 Å². The van der Waals surface area contributed by atoms with Gasteiger partial charge in [-0.1, -0.05) is 18.0 Å². The Morgan fingerprint density at radius 2 is 1.95 bits per heavy atom. The van der Waals surface area contributed by atoms with Gasteiger partial charge in [-0.05, 0) is 63.8 Å². The van der Waals surface area contributed by atoms with Crippen molar-refractivity contribution in [2.24, 2.45) is 0 Å². The molecule has 2 aromatic rings. The summed E-state index contributed by atoms with van der Waals surface area (Å²) in [5.74, 6) is -0.560. The fraction of sp³-hybridized carbons (Fsp3) is 0.560. The van der Waals surface area contributed by atoms with E-state index in [9.17, 15) is 24.1 Å². The molecular weight excluding hydrogens is 572 g/mol. The zero-order valence-electron chi connectivity index (χ0n) is 22.0. The van der Waals surface area contributed by atoms with Crippen molar-refractivity contribution < 1.29 is 37.4 Å². The van der Waals surface area contributed by atoms with Crippen molar-refractivity contribution in [2.45, 2.75) is 82.2 Å². The molecule has 220 valence electrons. The van der Waals surface area contributed by atoms with Crippen LogP contribution in [0.25, 0.3) is 0 Å². The molecule has 15 heteroatoms. The topological polar surface area (TPSA) is 158 Å². The Morgan fingerprint density at radius 1 is 1.27 bits per heavy atom. The Bertz CT molecular complexity index is 1350. The predicted molar refractivity (Wildman–Crippen MR) is 142 cm³/mol. The van der Waals surface area contributed by atoms with E-state index in [0.717, 1.165) is 55.9 Å². The van der Waals surface area contributed by atoms with Crippen LogP contribution in [0, 0.1) is 0 Å². The number of halogens is 2. The van der Waals surface area contributed by atoms with Gasteiger partial charge in [-0.25, -0.2) is 13.8 Å². The summed E-state index contributed by atoms with van der Waals surface area (Å²) < 4.78 is 52.4. The van der Waals surface area contributed by atoms with E-state index in [0.29, 0.717) is 5.02 Å². The molecule has 0 radical (unpaired) electrons. The van der Waals surface area contributed by atoms with Crippen molar-refractivity contribution in [3.05, 3.63) is 62.4 Å². The molecule has 12 nitrogen and oxygen atoms in total. The SMILES string of the molecule is C[C@H](NP(=O)(OC[C@H]1O[C@@H](n2ccc(=O)[nH]c2=O)[C@](C)(F)[C@@H]1O)Oc1ccc(Cl)cc1)C(=O)OC1CCCCC1. The van der Waals surface area contributed by atoms with Gasteiger partial charge in [-0.15, -0.1) is 0 Å². The third kappa shape index (κ3) is 7.20. The number of nitrogens with one attached hydrogen (secondary N) is 2. The van der Waals surface area contributed by atoms with Gasteiger partial charge in [-0.3, -0.25) is 23.7 Å². The van der Waals surface area contributed by atoms with Gasteiger partial charge in [0.25, 0.3) is 5.56 Å². The third-order valence-corrected chi connectivity index (χ3v) is 8.70. The molecule has 3 N–H and O–H groups in total. The Hall–Kier alpha value is -2.54. The number of esters is 1. The van der Waals surface area contributed by atoms with E-state index < -0.39 is 61.7 Å². The Balaban J connectivity index is 1.49. The lowest BCUT2D eigenvalue weighted by Crippen LogP contribution is -2.44. The Kier molecular flexibility index (Phi) is 9.54. The summed E-state index contributed by atoms with van der Waals surface area (Å²) in [5, 5.41) is 13.6. The second kappa shape index (κ2) is 12.5. The quantitative estimate of drug-likeness (QED) is 0.272. The number of alkyl halides is 1. The number of carbonyl (C=O) groups is 1. The van der Waals surface area contributed by atoms with Gasteiger partial charge < -0.3 is 19.1 Å². The summed E-state index contributed by atoms with van der Waals surface area (Å²) in [4.78, 5) is 38.4. The van der Waals surface area contributed by atoms with Gasteiger partial charge in [0, 0.05) is 17.3 Å². The van der Waals surface area contributed by atoms with E-state index in [1.165, 1.54) is 31.2 Å². The molecule has 1 aliphatic carbocycles. The maximum Gasteiger partial charge on any atom is 0.459 e. The number of nitrogens with zero attached hydrogens (tertiary/aromatic N) is 1. The zero-order valence-corrected chi connectivity index (χ0v) is 23.6. The molecule has 40 heavy (non-hydrogen) atoms. The highest BCUT2D eigenvalue weighted by molar-refractivity contribution is 7.52. The minimum atomic E-state index is -4.37. The number of hydrogen-bond donors (Lipinski definition) is 3. The number of rotatable bonds is 10. The maximum atomic E-state index is 15.6. The van der Waals surface area contributed by atoms with Gasteiger partial charge in [-0.2, -0.15) is 5.09 Å². The number of H-pyrrole nitrogens is 1. The summed E-state index contributed by atoms with van der Waals surface area (Å²) in [5.41, 5.74) is -4.14. The fourth-order valence-electron chi connectivity index (χ4n) is 4.60. The van der Waals surface area contributed by atoms with Gasteiger partial charge in [0.1, 0.15) is 30.1 Å². The molecule has 1 aliphatic heterocycles. The third-order valence-electron chi connectivity index (χ3n) is 6.81. The number of aliphatic hydroxyl groups is 1. The first-order chi connectivity index (χ1) is 18.9. The van der Waals surface area contributed by atoms with Crippen molar-refractivity contribution >= 4 is 25.3 Å². The summed E-state index contributed by atoms with van der Waals surface area (Å²) in [6.07, 6.45) is 0.393. The number of benzene rings is 1. The lowest BCUT2D eigenvalue weighted by atomic mass is 9.98. The van der Waals surface area contributed by atoms with Crippen LogP contribution in [0.15, 0.2) is 46.1 Å². The number of carbonyl (C=O) groups excluding carboxylic acids is 1. The normalized spacial score (nSPS) is 27.6. The molecule has 0 spiro atoms. The molecule has 6 atom stereocenters. The van der Waals surface area contributed by atoms with Crippen LogP contribution in [0.1, 0.15) is 52.2 Å². The smallest absolute Gasteiger partial charge is 0.459 e. The van der Waals surface area contributed by atoms with Crippen molar-refractivity contribution in [2.75, 3.05) is 6.61 Å². The average molecular weight is 604 g/mol. The molecule has 2 aliphatic rings. The maximum absolute atomic E-state index is 15.6. The lowest BCUT2D eigenvalue weighted by molar-refractivity contribution is -0.152. The molecule has 2 fully saturated rings. The Labute approximate surface area is 234 Å². The molecule has 0 amide bonds. The van der Waals surface area contributed by atoms with Crippen molar-refractivity contribution in [3.63, 3.8) is 0 Å². The number of aromatic amines is 1. The molecule has 1 saturated heterocycles. The average Bonchev–Trinajstić information content (AvgIpc) is 3.13. The standard InChI is InChI=1S/C25H32ClFN3O9P/c1-15(22(33)37-17-6-4-3-5-7-17)29-40(35,39-18-10-8-16(26)9-11-18)36-14-19-21(32)25(2,27)23(38-19)30-13-12-20(31)28-24(30)34/h8-13,15,17,19,21,23,32H,3-7,14H2,1-2H3,(H,29,35)(H,28,31,34)/t15-,19+,21+,23+,25+,40?/m0/s1. The monoisotopic (exact) mass is 603 g/mol. The van der Waals surface area contributed by atoms with Gasteiger partial charge in [0.15, 0.2) is 11.9 Å². The van der Waals surface area contributed by atoms with E-state index in [-0.39, 0.29) is 11.9 Å².